The van der Waals surface area contributed by atoms with Gasteiger partial charge in [-0.05, 0) is 68.0 Å². The van der Waals surface area contributed by atoms with Gasteiger partial charge in [-0.15, -0.1) is 0 Å². The summed E-state index contributed by atoms with van der Waals surface area (Å²) >= 11 is 5.34. The first-order valence-electron chi connectivity index (χ1n) is 9.67. The Morgan fingerprint density at radius 3 is 2.55 bits per heavy atom. The van der Waals surface area contributed by atoms with Crippen molar-refractivity contribution >= 4 is 40.0 Å². The van der Waals surface area contributed by atoms with Crippen LogP contribution in [-0.4, -0.2) is 23.1 Å². The Morgan fingerprint density at radius 1 is 1.03 bits per heavy atom. The average molecular weight is 432 g/mol. The van der Waals surface area contributed by atoms with Gasteiger partial charge in [-0.2, -0.15) is 0 Å². The van der Waals surface area contributed by atoms with E-state index in [0.717, 1.165) is 22.4 Å². The van der Waals surface area contributed by atoms with Gasteiger partial charge in [0.2, 0.25) is 5.89 Å². The molecular weight excluding hydrogens is 410 g/mol. The summed E-state index contributed by atoms with van der Waals surface area (Å²) in [6.45, 7) is 3.92. The van der Waals surface area contributed by atoms with Crippen molar-refractivity contribution in [1.29, 1.82) is 0 Å². The summed E-state index contributed by atoms with van der Waals surface area (Å²) in [6, 6.07) is 18.5. The Morgan fingerprint density at radius 2 is 1.81 bits per heavy atom. The summed E-state index contributed by atoms with van der Waals surface area (Å²) in [5.41, 5.74) is 5.53. The van der Waals surface area contributed by atoms with Crippen LogP contribution in [0.3, 0.4) is 0 Å². The molecular formula is C24H21N3O3S. The summed E-state index contributed by atoms with van der Waals surface area (Å²) in [5.74, 6) is 0.938. The van der Waals surface area contributed by atoms with E-state index in [1.165, 1.54) is 0 Å². The molecule has 0 aliphatic carbocycles. The second-order valence-corrected chi connectivity index (χ2v) is 7.56. The number of aryl methyl sites for hydroxylation is 2. The number of ether oxygens (including phenoxy) is 1. The van der Waals surface area contributed by atoms with Crippen molar-refractivity contribution in [3.63, 3.8) is 0 Å². The Labute approximate surface area is 185 Å². The van der Waals surface area contributed by atoms with Crippen molar-refractivity contribution in [1.82, 2.24) is 10.3 Å². The molecule has 7 heteroatoms. The second-order valence-electron chi connectivity index (χ2n) is 7.16. The van der Waals surface area contributed by atoms with Crippen molar-refractivity contribution in [2.75, 3.05) is 12.4 Å². The van der Waals surface area contributed by atoms with Crippen LogP contribution in [0.1, 0.15) is 21.5 Å². The molecule has 0 aliphatic rings. The molecule has 4 rings (SSSR count). The van der Waals surface area contributed by atoms with E-state index in [0.29, 0.717) is 28.3 Å². The lowest BCUT2D eigenvalue weighted by Crippen LogP contribution is -2.34. The Kier molecular flexibility index (Phi) is 5.68. The number of thiocarbonyl (C=S) groups is 1. The zero-order valence-corrected chi connectivity index (χ0v) is 18.2. The third-order valence-electron chi connectivity index (χ3n) is 4.87. The molecule has 0 spiro atoms. The standard InChI is InChI=1S/C24H21N3O3S/c1-14-4-7-16(8-5-14)22(28)27-24(31)26-19-12-17(9-6-15(19)2)23-25-20-13-18(29-3)10-11-21(20)30-23/h4-13H,1-3H3,(H2,26,27,28,31). The van der Waals surface area contributed by atoms with Crippen LogP contribution in [0, 0.1) is 13.8 Å². The molecule has 6 nitrogen and oxygen atoms in total. The zero-order chi connectivity index (χ0) is 22.0. The number of carbonyl (C=O) groups excluding carboxylic acids is 1. The second kappa shape index (κ2) is 8.57. The van der Waals surface area contributed by atoms with Crippen molar-refractivity contribution in [2.24, 2.45) is 0 Å². The van der Waals surface area contributed by atoms with Crippen LogP contribution >= 0.6 is 12.2 Å². The van der Waals surface area contributed by atoms with E-state index in [4.69, 9.17) is 21.4 Å². The van der Waals surface area contributed by atoms with Crippen LogP contribution in [0.15, 0.2) is 65.1 Å². The van der Waals surface area contributed by atoms with E-state index in [1.807, 2.05) is 62.4 Å². The van der Waals surface area contributed by atoms with Crippen molar-refractivity contribution in [3.8, 4) is 17.2 Å². The smallest absolute Gasteiger partial charge is 0.257 e. The number of nitrogens with zero attached hydrogens (tertiary/aromatic N) is 1. The Balaban J connectivity index is 1.53. The summed E-state index contributed by atoms with van der Waals surface area (Å²) in [5, 5.41) is 6.02. The number of amides is 1. The van der Waals surface area contributed by atoms with Crippen LogP contribution in [-0.2, 0) is 0 Å². The number of hydrogen-bond acceptors (Lipinski definition) is 5. The number of anilines is 1. The first kappa shape index (κ1) is 20.6. The fourth-order valence-electron chi connectivity index (χ4n) is 3.08. The number of methoxy groups -OCH3 is 1. The van der Waals surface area contributed by atoms with E-state index in [1.54, 1.807) is 19.2 Å². The Hall–Kier alpha value is -3.71. The molecule has 0 unspecified atom stereocenters. The molecule has 0 radical (unpaired) electrons. The molecule has 2 N–H and O–H groups in total. The number of aromatic nitrogens is 1. The highest BCUT2D eigenvalue weighted by atomic mass is 32.1. The third-order valence-corrected chi connectivity index (χ3v) is 5.07. The van der Waals surface area contributed by atoms with E-state index < -0.39 is 0 Å². The maximum atomic E-state index is 12.4. The lowest BCUT2D eigenvalue weighted by Gasteiger charge is -2.12. The van der Waals surface area contributed by atoms with Crippen molar-refractivity contribution in [3.05, 3.63) is 77.4 Å². The fraction of sp³-hybridized carbons (Fsp3) is 0.125. The maximum absolute atomic E-state index is 12.4. The van der Waals surface area contributed by atoms with E-state index in [-0.39, 0.29) is 11.0 Å². The molecule has 0 fully saturated rings. The first-order chi connectivity index (χ1) is 14.9. The Bertz CT molecular complexity index is 1280. The molecule has 0 aliphatic heterocycles. The number of carbonyl (C=O) groups is 1. The van der Waals surface area contributed by atoms with Crippen LogP contribution in [0.4, 0.5) is 5.69 Å². The molecule has 0 saturated heterocycles. The summed E-state index contributed by atoms with van der Waals surface area (Å²) in [4.78, 5) is 17.0. The summed E-state index contributed by atoms with van der Waals surface area (Å²) in [6.07, 6.45) is 0. The van der Waals surface area contributed by atoms with Gasteiger partial charge in [0, 0.05) is 22.9 Å². The fourth-order valence-corrected chi connectivity index (χ4v) is 3.28. The molecule has 4 aromatic rings. The van der Waals surface area contributed by atoms with Gasteiger partial charge >= 0.3 is 0 Å². The van der Waals surface area contributed by atoms with Crippen molar-refractivity contribution < 1.29 is 13.9 Å². The minimum Gasteiger partial charge on any atom is -0.497 e. The summed E-state index contributed by atoms with van der Waals surface area (Å²) < 4.78 is 11.1. The average Bonchev–Trinajstić information content (AvgIpc) is 3.19. The molecule has 0 saturated carbocycles. The van der Waals surface area contributed by atoms with E-state index >= 15 is 0 Å². The molecule has 1 heterocycles. The number of hydrogen-bond donors (Lipinski definition) is 2. The number of benzene rings is 3. The lowest BCUT2D eigenvalue weighted by molar-refractivity contribution is 0.0977. The normalized spacial score (nSPS) is 10.7. The summed E-state index contributed by atoms with van der Waals surface area (Å²) in [7, 11) is 1.61. The van der Waals surface area contributed by atoms with Crippen LogP contribution in [0.5, 0.6) is 5.75 Å². The molecule has 1 amide bonds. The van der Waals surface area contributed by atoms with Gasteiger partial charge in [-0.1, -0.05) is 23.8 Å². The highest BCUT2D eigenvalue weighted by Crippen LogP contribution is 2.29. The number of oxazole rings is 1. The minimum atomic E-state index is -0.265. The molecule has 1 aromatic heterocycles. The van der Waals surface area contributed by atoms with Gasteiger partial charge < -0.3 is 14.5 Å². The van der Waals surface area contributed by atoms with Gasteiger partial charge in [-0.3, -0.25) is 10.1 Å². The highest BCUT2D eigenvalue weighted by Gasteiger charge is 2.13. The SMILES string of the molecule is COc1ccc2oc(-c3ccc(C)c(NC(=S)NC(=O)c4ccc(C)cc4)c3)nc2c1. The molecule has 156 valence electrons. The lowest BCUT2D eigenvalue weighted by atomic mass is 10.1. The third kappa shape index (κ3) is 4.57. The van der Waals surface area contributed by atoms with Crippen LogP contribution < -0.4 is 15.4 Å². The van der Waals surface area contributed by atoms with E-state index in [2.05, 4.69) is 15.6 Å². The molecule has 3 aromatic carbocycles. The predicted molar refractivity (Wildman–Crippen MR) is 126 cm³/mol. The van der Waals surface area contributed by atoms with Gasteiger partial charge in [0.1, 0.15) is 11.3 Å². The topological polar surface area (TPSA) is 76.4 Å². The number of fused-ring (bicyclic) bond motifs is 1. The predicted octanol–water partition coefficient (Wildman–Crippen LogP) is 5.25. The van der Waals surface area contributed by atoms with E-state index in [9.17, 15) is 4.79 Å². The zero-order valence-electron chi connectivity index (χ0n) is 17.4. The van der Waals surface area contributed by atoms with Crippen LogP contribution in [0.2, 0.25) is 0 Å². The van der Waals surface area contributed by atoms with Crippen molar-refractivity contribution in [2.45, 2.75) is 13.8 Å². The molecule has 31 heavy (non-hydrogen) atoms. The monoisotopic (exact) mass is 431 g/mol. The quantitative estimate of drug-likeness (QED) is 0.430. The van der Waals surface area contributed by atoms with Gasteiger partial charge in [0.05, 0.1) is 7.11 Å². The largest absolute Gasteiger partial charge is 0.497 e. The molecule has 0 bridgehead atoms. The van der Waals surface area contributed by atoms with Crippen LogP contribution in [0.25, 0.3) is 22.6 Å². The first-order valence-corrected chi connectivity index (χ1v) is 10.1. The number of rotatable bonds is 4. The maximum Gasteiger partial charge on any atom is 0.257 e. The minimum absolute atomic E-state index is 0.216. The highest BCUT2D eigenvalue weighted by molar-refractivity contribution is 7.80. The van der Waals surface area contributed by atoms with Gasteiger partial charge in [0.25, 0.3) is 5.91 Å². The van der Waals surface area contributed by atoms with Gasteiger partial charge in [0.15, 0.2) is 10.7 Å². The van der Waals surface area contributed by atoms with Gasteiger partial charge in [-0.25, -0.2) is 4.98 Å². The number of nitrogens with one attached hydrogen (secondary N) is 2. The molecule has 0 atom stereocenters.